The molecule has 7 heteroatoms. The number of ether oxygens (including phenoxy) is 1. The molecule has 0 spiro atoms. The SMILES string of the molecule is O=C(C=Cc1nc2ccccc2o1)NCc1ccc(N2CCOCC2)c(F)c1. The predicted molar refractivity (Wildman–Crippen MR) is 104 cm³/mol. The number of hydrogen-bond acceptors (Lipinski definition) is 5. The second kappa shape index (κ2) is 8.22. The number of morpholine rings is 1. The summed E-state index contributed by atoms with van der Waals surface area (Å²) in [4.78, 5) is 18.3. The van der Waals surface area contributed by atoms with Crippen molar-refractivity contribution in [2.75, 3.05) is 31.2 Å². The molecule has 0 bridgehead atoms. The van der Waals surface area contributed by atoms with Crippen LogP contribution in [0.1, 0.15) is 11.5 Å². The summed E-state index contributed by atoms with van der Waals surface area (Å²) in [5, 5.41) is 2.73. The number of fused-ring (bicyclic) bond motifs is 1. The Morgan fingerprint density at radius 1 is 1.21 bits per heavy atom. The Morgan fingerprint density at radius 2 is 2.04 bits per heavy atom. The first-order valence-corrected chi connectivity index (χ1v) is 9.12. The average molecular weight is 381 g/mol. The average Bonchev–Trinajstić information content (AvgIpc) is 3.14. The first kappa shape index (κ1) is 18.2. The van der Waals surface area contributed by atoms with Crippen molar-refractivity contribution in [1.29, 1.82) is 0 Å². The third-order valence-electron chi connectivity index (χ3n) is 4.52. The number of nitrogens with zero attached hydrogens (tertiary/aromatic N) is 2. The topological polar surface area (TPSA) is 67.6 Å². The smallest absolute Gasteiger partial charge is 0.244 e. The maximum Gasteiger partial charge on any atom is 0.244 e. The molecule has 0 unspecified atom stereocenters. The van der Waals surface area contributed by atoms with E-state index in [0.717, 1.165) is 5.52 Å². The second-order valence-corrected chi connectivity index (χ2v) is 6.46. The van der Waals surface area contributed by atoms with E-state index >= 15 is 0 Å². The zero-order valence-electron chi connectivity index (χ0n) is 15.2. The van der Waals surface area contributed by atoms with Crippen molar-refractivity contribution < 1.29 is 18.3 Å². The van der Waals surface area contributed by atoms with Gasteiger partial charge in [-0.3, -0.25) is 4.79 Å². The van der Waals surface area contributed by atoms with Crippen molar-refractivity contribution in [3.8, 4) is 0 Å². The van der Waals surface area contributed by atoms with Crippen LogP contribution < -0.4 is 10.2 Å². The molecule has 1 fully saturated rings. The molecule has 0 atom stereocenters. The molecule has 4 rings (SSSR count). The lowest BCUT2D eigenvalue weighted by molar-refractivity contribution is -0.116. The molecular formula is C21H20FN3O3. The van der Waals surface area contributed by atoms with Crippen molar-refractivity contribution in [1.82, 2.24) is 10.3 Å². The summed E-state index contributed by atoms with van der Waals surface area (Å²) < 4.78 is 25.2. The Balaban J connectivity index is 1.34. The molecule has 6 nitrogen and oxygen atoms in total. The first-order valence-electron chi connectivity index (χ1n) is 9.12. The molecule has 3 aromatic rings. The number of oxazole rings is 1. The van der Waals surface area contributed by atoms with Gasteiger partial charge >= 0.3 is 0 Å². The molecule has 1 amide bonds. The van der Waals surface area contributed by atoms with E-state index in [1.807, 2.05) is 35.2 Å². The third kappa shape index (κ3) is 4.20. The van der Waals surface area contributed by atoms with Crippen molar-refractivity contribution in [3.63, 3.8) is 0 Å². The minimum Gasteiger partial charge on any atom is -0.437 e. The number of anilines is 1. The van der Waals surface area contributed by atoms with E-state index in [0.29, 0.717) is 49.0 Å². The lowest BCUT2D eigenvalue weighted by Crippen LogP contribution is -2.36. The zero-order valence-corrected chi connectivity index (χ0v) is 15.2. The molecule has 2 heterocycles. The van der Waals surface area contributed by atoms with E-state index in [1.54, 1.807) is 6.07 Å². The number of carbonyl (C=O) groups is 1. The number of benzene rings is 2. The van der Waals surface area contributed by atoms with Crippen molar-refractivity contribution in [2.24, 2.45) is 0 Å². The summed E-state index contributed by atoms with van der Waals surface area (Å²) in [6.07, 6.45) is 2.86. The van der Waals surface area contributed by atoms with Crippen LogP contribution in [-0.4, -0.2) is 37.2 Å². The van der Waals surface area contributed by atoms with Gasteiger partial charge in [0.25, 0.3) is 0 Å². The standard InChI is InChI=1S/C21H20FN3O3/c22-16-13-15(5-6-18(16)25-9-11-27-12-10-25)14-23-20(26)7-8-21-24-17-3-1-2-4-19(17)28-21/h1-8,13H,9-12,14H2,(H,23,26). The van der Waals surface area contributed by atoms with E-state index in [9.17, 15) is 9.18 Å². The van der Waals surface area contributed by atoms with Gasteiger partial charge in [0, 0.05) is 31.8 Å². The maximum atomic E-state index is 14.4. The van der Waals surface area contributed by atoms with Crippen LogP contribution in [0.2, 0.25) is 0 Å². The third-order valence-corrected chi connectivity index (χ3v) is 4.52. The summed E-state index contributed by atoms with van der Waals surface area (Å²) >= 11 is 0. The predicted octanol–water partition coefficient (Wildman–Crippen LogP) is 3.13. The summed E-state index contributed by atoms with van der Waals surface area (Å²) in [7, 11) is 0. The molecule has 0 aliphatic carbocycles. The van der Waals surface area contributed by atoms with Gasteiger partial charge in [0.1, 0.15) is 11.3 Å². The number of amides is 1. The Kier molecular flexibility index (Phi) is 5.34. The van der Waals surface area contributed by atoms with Gasteiger partial charge < -0.3 is 19.4 Å². The van der Waals surface area contributed by atoms with Gasteiger partial charge in [0.15, 0.2) is 5.58 Å². The Bertz CT molecular complexity index is 976. The second-order valence-electron chi connectivity index (χ2n) is 6.46. The van der Waals surface area contributed by atoms with Crippen LogP contribution >= 0.6 is 0 Å². The molecule has 2 aromatic carbocycles. The summed E-state index contributed by atoms with van der Waals surface area (Å²) in [5.41, 5.74) is 2.66. The molecule has 1 aromatic heterocycles. The van der Waals surface area contributed by atoms with Gasteiger partial charge in [-0.2, -0.15) is 0 Å². The Hall–Kier alpha value is -3.19. The fraction of sp³-hybridized carbons (Fsp3) is 0.238. The highest BCUT2D eigenvalue weighted by molar-refractivity contribution is 5.91. The summed E-state index contributed by atoms with van der Waals surface area (Å²) in [5.74, 6) is -0.243. The number of hydrogen-bond donors (Lipinski definition) is 1. The molecule has 0 saturated carbocycles. The highest BCUT2D eigenvalue weighted by Gasteiger charge is 2.15. The largest absolute Gasteiger partial charge is 0.437 e. The first-order chi connectivity index (χ1) is 13.7. The number of aromatic nitrogens is 1. The number of para-hydroxylation sites is 2. The van der Waals surface area contributed by atoms with Crippen LogP contribution in [0.4, 0.5) is 10.1 Å². The van der Waals surface area contributed by atoms with Crippen molar-refractivity contribution in [2.45, 2.75) is 6.54 Å². The van der Waals surface area contributed by atoms with Gasteiger partial charge in [-0.25, -0.2) is 9.37 Å². The Morgan fingerprint density at radius 3 is 2.82 bits per heavy atom. The molecular weight excluding hydrogens is 361 g/mol. The highest BCUT2D eigenvalue weighted by atomic mass is 19.1. The van der Waals surface area contributed by atoms with Crippen LogP contribution in [0.5, 0.6) is 0 Å². The van der Waals surface area contributed by atoms with Crippen molar-refractivity contribution >= 4 is 28.8 Å². The lowest BCUT2D eigenvalue weighted by Gasteiger charge is -2.29. The minimum atomic E-state index is -0.306. The number of nitrogens with one attached hydrogen (secondary N) is 1. The van der Waals surface area contributed by atoms with E-state index in [4.69, 9.17) is 9.15 Å². The molecule has 1 N–H and O–H groups in total. The summed E-state index contributed by atoms with van der Waals surface area (Å²) in [6, 6.07) is 12.4. The zero-order chi connectivity index (χ0) is 19.3. The molecule has 1 saturated heterocycles. The normalized spacial score (nSPS) is 14.7. The van der Waals surface area contributed by atoms with E-state index in [-0.39, 0.29) is 18.3 Å². The minimum absolute atomic E-state index is 0.233. The number of rotatable bonds is 5. The number of carbonyl (C=O) groups excluding carboxylic acids is 1. The van der Waals surface area contributed by atoms with E-state index in [2.05, 4.69) is 10.3 Å². The van der Waals surface area contributed by atoms with Gasteiger partial charge in [-0.1, -0.05) is 18.2 Å². The molecule has 28 heavy (non-hydrogen) atoms. The van der Waals surface area contributed by atoms with Crippen LogP contribution in [0.25, 0.3) is 17.2 Å². The highest BCUT2D eigenvalue weighted by Crippen LogP contribution is 2.21. The maximum absolute atomic E-state index is 14.4. The lowest BCUT2D eigenvalue weighted by atomic mass is 10.1. The van der Waals surface area contributed by atoms with E-state index in [1.165, 1.54) is 18.2 Å². The van der Waals surface area contributed by atoms with Gasteiger partial charge in [-0.05, 0) is 29.8 Å². The van der Waals surface area contributed by atoms with Crippen molar-refractivity contribution in [3.05, 3.63) is 65.8 Å². The van der Waals surface area contributed by atoms with E-state index < -0.39 is 0 Å². The van der Waals surface area contributed by atoms with Crippen LogP contribution in [0.15, 0.2) is 53.0 Å². The quantitative estimate of drug-likeness (QED) is 0.688. The fourth-order valence-electron chi connectivity index (χ4n) is 3.08. The van der Waals surface area contributed by atoms with Gasteiger partial charge in [0.05, 0.1) is 18.9 Å². The summed E-state index contributed by atoms with van der Waals surface area (Å²) in [6.45, 7) is 2.78. The molecule has 1 aliphatic rings. The molecule has 144 valence electrons. The molecule has 0 radical (unpaired) electrons. The number of halogens is 1. The van der Waals surface area contributed by atoms with Gasteiger partial charge in [-0.15, -0.1) is 0 Å². The van der Waals surface area contributed by atoms with Crippen LogP contribution in [-0.2, 0) is 16.1 Å². The fourth-order valence-corrected chi connectivity index (χ4v) is 3.08. The Labute approximate surface area is 161 Å². The monoisotopic (exact) mass is 381 g/mol. The van der Waals surface area contributed by atoms with Crippen LogP contribution in [0, 0.1) is 5.82 Å². The van der Waals surface area contributed by atoms with Gasteiger partial charge in [0.2, 0.25) is 11.8 Å². The molecule has 1 aliphatic heterocycles. The van der Waals surface area contributed by atoms with Crippen LogP contribution in [0.3, 0.4) is 0 Å².